The molecule has 1 saturated heterocycles. The van der Waals surface area contributed by atoms with Crippen LogP contribution in [0.15, 0.2) is 66.7 Å². The van der Waals surface area contributed by atoms with Gasteiger partial charge in [-0.3, -0.25) is 29.4 Å². The lowest BCUT2D eigenvalue weighted by Crippen LogP contribution is -2.74. The molecule has 3 heterocycles. The summed E-state index contributed by atoms with van der Waals surface area (Å²) in [4.78, 5) is 58.0. The van der Waals surface area contributed by atoms with Crippen LogP contribution in [-0.4, -0.2) is 71.3 Å². The van der Waals surface area contributed by atoms with Gasteiger partial charge in [-0.15, -0.1) is 0 Å². The number of nitrogens with one attached hydrogen (secondary N) is 2. The minimum atomic E-state index is -0.596. The summed E-state index contributed by atoms with van der Waals surface area (Å²) in [6.07, 6.45) is 9.30. The van der Waals surface area contributed by atoms with Gasteiger partial charge in [0.1, 0.15) is 17.9 Å². The smallest absolute Gasteiger partial charge is 0.255 e. The number of amides is 4. The van der Waals surface area contributed by atoms with Crippen molar-refractivity contribution in [2.75, 3.05) is 19.6 Å². The molecule has 1 atom stereocenters. The van der Waals surface area contributed by atoms with Crippen LogP contribution in [0.25, 0.3) is 10.4 Å². The second kappa shape index (κ2) is 16.5. The van der Waals surface area contributed by atoms with E-state index < -0.39 is 6.04 Å². The maximum atomic E-state index is 13.4. The molecule has 3 aromatic rings. The van der Waals surface area contributed by atoms with Crippen LogP contribution in [0.1, 0.15) is 110 Å². The number of carbonyl (C=O) groups excluding carboxylic acids is 4. The van der Waals surface area contributed by atoms with Gasteiger partial charge in [-0.1, -0.05) is 82.5 Å². The van der Waals surface area contributed by atoms with Gasteiger partial charge in [0, 0.05) is 54.1 Å². The van der Waals surface area contributed by atoms with Crippen molar-refractivity contribution in [2.24, 2.45) is 10.8 Å². The Morgan fingerprint density at radius 3 is 2.40 bits per heavy atom. The number of hydrogen-bond donors (Lipinski definition) is 2. The van der Waals surface area contributed by atoms with E-state index in [9.17, 15) is 19.2 Å². The van der Waals surface area contributed by atoms with E-state index in [4.69, 9.17) is 22.9 Å². The Kier molecular flexibility index (Phi) is 11.6. The van der Waals surface area contributed by atoms with Crippen LogP contribution in [-0.2, 0) is 22.6 Å². The Labute approximate surface area is 340 Å². The third-order valence-electron chi connectivity index (χ3n) is 12.5. The van der Waals surface area contributed by atoms with Crippen molar-refractivity contribution in [3.63, 3.8) is 0 Å². The molecule has 57 heavy (non-hydrogen) atoms. The summed E-state index contributed by atoms with van der Waals surface area (Å²) in [5, 5.41) is 6.02. The third kappa shape index (κ3) is 8.37. The zero-order valence-electron chi connectivity index (χ0n) is 33.3. The van der Waals surface area contributed by atoms with E-state index in [2.05, 4.69) is 72.3 Å². The van der Waals surface area contributed by atoms with Crippen molar-refractivity contribution >= 4 is 46.5 Å². The first-order valence-corrected chi connectivity index (χ1v) is 20.6. The standard InChI is InChI=1S/C46H52ClN5O5/c1-45(2)43(46(3,4)44(45)57-34-16-18-37(48-5)36(47)27-34)50-40(54)31-13-11-29(12-14-31)10-8-6-7-9-23-51-24-21-30(22-25-51)32-15-17-35-33(26-32)28-52(42(35)56)38-19-20-39(53)49-41(38)55/h11-18,21,26-27,38,43-44H,6-10,19-20,22-25,28H2,1-4H3,(H,50,54)(H,49,53,55). The predicted molar refractivity (Wildman–Crippen MR) is 221 cm³/mol. The predicted octanol–water partition coefficient (Wildman–Crippen LogP) is 8.16. The topological polar surface area (TPSA) is 112 Å². The Hall–Kier alpha value is -4.98. The molecule has 298 valence electrons. The van der Waals surface area contributed by atoms with Crippen LogP contribution in [0.5, 0.6) is 5.75 Å². The fourth-order valence-electron chi connectivity index (χ4n) is 9.59. The molecule has 4 amide bonds. The Bertz CT molecular complexity index is 2120. The van der Waals surface area contributed by atoms with Gasteiger partial charge in [0.25, 0.3) is 11.8 Å². The number of piperidine rings is 1. The lowest BCUT2D eigenvalue weighted by molar-refractivity contribution is -0.164. The molecule has 2 fully saturated rings. The number of hydrogen-bond acceptors (Lipinski definition) is 6. The van der Waals surface area contributed by atoms with E-state index in [1.807, 2.05) is 24.3 Å². The van der Waals surface area contributed by atoms with Crippen LogP contribution >= 0.6 is 11.6 Å². The Balaban J connectivity index is 0.806. The number of imide groups is 1. The highest BCUT2D eigenvalue weighted by molar-refractivity contribution is 6.33. The SMILES string of the molecule is [C-]#[N+]c1ccc(OC2C(C)(C)C(NC(=O)c3ccc(CCCCCCN4CC=C(c5ccc6c(c5)CN(C5CCC(=O)NC5=O)C6=O)CC4)cc3)C2(C)C)cc1Cl. The molecule has 7 rings (SSSR count). The first kappa shape index (κ1) is 40.2. The van der Waals surface area contributed by atoms with E-state index in [1.54, 1.807) is 23.1 Å². The zero-order valence-corrected chi connectivity index (χ0v) is 34.1. The van der Waals surface area contributed by atoms with Crippen LogP contribution in [0, 0.1) is 17.4 Å². The van der Waals surface area contributed by atoms with Crippen molar-refractivity contribution in [3.05, 3.63) is 111 Å². The van der Waals surface area contributed by atoms with Crippen LogP contribution in [0.2, 0.25) is 5.02 Å². The third-order valence-corrected chi connectivity index (χ3v) is 12.8. The van der Waals surface area contributed by atoms with Gasteiger partial charge in [0.2, 0.25) is 17.5 Å². The van der Waals surface area contributed by atoms with Gasteiger partial charge in [0.15, 0.2) is 0 Å². The summed E-state index contributed by atoms with van der Waals surface area (Å²) < 4.78 is 6.37. The van der Waals surface area contributed by atoms with Crippen LogP contribution in [0.3, 0.4) is 0 Å². The minimum absolute atomic E-state index is 0.0857. The summed E-state index contributed by atoms with van der Waals surface area (Å²) in [6, 6.07) is 18.4. The van der Waals surface area contributed by atoms with Gasteiger partial charge in [-0.05, 0) is 97.3 Å². The summed E-state index contributed by atoms with van der Waals surface area (Å²) in [5.74, 6) is -0.268. The van der Waals surface area contributed by atoms with E-state index in [-0.39, 0.29) is 53.0 Å². The Morgan fingerprint density at radius 1 is 0.965 bits per heavy atom. The number of carbonyl (C=O) groups is 4. The summed E-state index contributed by atoms with van der Waals surface area (Å²) in [7, 11) is 0. The summed E-state index contributed by atoms with van der Waals surface area (Å²) in [5.41, 5.74) is 5.66. The van der Waals surface area contributed by atoms with E-state index in [0.717, 1.165) is 62.9 Å². The normalized spacial score (nSPS) is 22.5. The molecule has 1 saturated carbocycles. The number of benzene rings is 3. The summed E-state index contributed by atoms with van der Waals surface area (Å²) in [6.45, 7) is 19.0. The quantitative estimate of drug-likeness (QED) is 0.103. The van der Waals surface area contributed by atoms with Crippen LogP contribution < -0.4 is 15.4 Å². The van der Waals surface area contributed by atoms with Gasteiger partial charge in [-0.25, -0.2) is 4.85 Å². The van der Waals surface area contributed by atoms with E-state index in [1.165, 1.54) is 17.6 Å². The molecule has 2 N–H and O–H groups in total. The molecule has 10 nitrogen and oxygen atoms in total. The molecule has 1 aliphatic carbocycles. The maximum absolute atomic E-state index is 13.4. The molecule has 0 aromatic heterocycles. The highest BCUT2D eigenvalue weighted by atomic mass is 35.5. The molecule has 0 spiro atoms. The molecule has 3 aromatic carbocycles. The fourth-order valence-corrected chi connectivity index (χ4v) is 9.81. The van der Waals surface area contributed by atoms with Gasteiger partial charge < -0.3 is 15.0 Å². The molecule has 0 radical (unpaired) electrons. The average Bonchev–Trinajstić information content (AvgIpc) is 3.52. The van der Waals surface area contributed by atoms with Gasteiger partial charge in [-0.2, -0.15) is 0 Å². The highest BCUT2D eigenvalue weighted by Gasteiger charge is 2.64. The minimum Gasteiger partial charge on any atom is -0.489 e. The zero-order chi connectivity index (χ0) is 40.5. The van der Waals surface area contributed by atoms with E-state index in [0.29, 0.717) is 40.6 Å². The molecule has 11 heteroatoms. The van der Waals surface area contributed by atoms with Gasteiger partial charge >= 0.3 is 0 Å². The molecule has 3 aliphatic heterocycles. The number of nitrogens with zero attached hydrogens (tertiary/aromatic N) is 3. The van der Waals surface area contributed by atoms with Crippen molar-refractivity contribution in [2.45, 2.75) is 104 Å². The molecule has 1 unspecified atom stereocenters. The number of aryl methyl sites for hydroxylation is 1. The van der Waals surface area contributed by atoms with Crippen molar-refractivity contribution < 1.29 is 23.9 Å². The Morgan fingerprint density at radius 2 is 1.72 bits per heavy atom. The number of rotatable bonds is 13. The van der Waals surface area contributed by atoms with Crippen molar-refractivity contribution in [1.29, 1.82) is 0 Å². The second-order valence-corrected chi connectivity index (χ2v) is 17.6. The molecular weight excluding hydrogens is 738 g/mol. The van der Waals surface area contributed by atoms with E-state index >= 15 is 0 Å². The average molecular weight is 790 g/mol. The second-order valence-electron chi connectivity index (χ2n) is 17.2. The molecule has 4 aliphatic rings. The van der Waals surface area contributed by atoms with Crippen molar-refractivity contribution in [3.8, 4) is 5.75 Å². The van der Waals surface area contributed by atoms with Gasteiger partial charge in [0.05, 0.1) is 11.6 Å². The monoisotopic (exact) mass is 789 g/mol. The maximum Gasteiger partial charge on any atom is 0.255 e. The fraction of sp³-hybridized carbons (Fsp3) is 0.457. The van der Waals surface area contributed by atoms with Crippen molar-refractivity contribution in [1.82, 2.24) is 20.4 Å². The first-order chi connectivity index (χ1) is 27.3. The lowest BCUT2D eigenvalue weighted by Gasteiger charge is -2.63. The number of fused-ring (bicyclic) bond motifs is 1. The number of unbranched alkanes of at least 4 members (excludes halogenated alkanes) is 3. The highest BCUT2D eigenvalue weighted by Crippen LogP contribution is 2.55. The van der Waals surface area contributed by atoms with Crippen LogP contribution in [0.4, 0.5) is 5.69 Å². The lowest BCUT2D eigenvalue weighted by atomic mass is 9.49. The summed E-state index contributed by atoms with van der Waals surface area (Å²) >= 11 is 6.25. The first-order valence-electron chi connectivity index (χ1n) is 20.2. The molecular formula is C46H52ClN5O5. The number of halogens is 1. The molecule has 0 bridgehead atoms. The largest absolute Gasteiger partial charge is 0.489 e. The number of ether oxygens (including phenoxy) is 1.